The number of amides is 2. The highest BCUT2D eigenvalue weighted by Crippen LogP contribution is 2.60. The predicted molar refractivity (Wildman–Crippen MR) is 94.6 cm³/mol. The third kappa shape index (κ3) is 2.35. The summed E-state index contributed by atoms with van der Waals surface area (Å²) in [7, 11) is 1.74. The number of likely N-dealkylation sites (N-methyl/N-ethyl adjacent to an activating group) is 1. The van der Waals surface area contributed by atoms with Crippen LogP contribution in [0.2, 0.25) is 0 Å². The van der Waals surface area contributed by atoms with Crippen molar-refractivity contribution < 1.29 is 14.3 Å². The van der Waals surface area contributed by atoms with Crippen molar-refractivity contribution in [3.8, 4) is 5.75 Å². The van der Waals surface area contributed by atoms with Crippen LogP contribution in [0.1, 0.15) is 38.5 Å². The van der Waals surface area contributed by atoms with Crippen LogP contribution in [-0.4, -0.2) is 25.5 Å². The van der Waals surface area contributed by atoms with Gasteiger partial charge in [-0.2, -0.15) is 0 Å². The zero-order valence-electron chi connectivity index (χ0n) is 14.6. The number of nitrogens with zero attached hydrogens (tertiary/aromatic N) is 1. The Kier molecular flexibility index (Phi) is 3.19. The zero-order valence-corrected chi connectivity index (χ0v) is 14.6. The smallest absolute Gasteiger partial charge is 0.264 e. The van der Waals surface area contributed by atoms with Gasteiger partial charge in [0, 0.05) is 12.7 Å². The molecule has 0 unspecified atom stereocenters. The van der Waals surface area contributed by atoms with Crippen molar-refractivity contribution in [3.63, 3.8) is 0 Å². The molecule has 25 heavy (non-hydrogen) atoms. The van der Waals surface area contributed by atoms with E-state index in [4.69, 9.17) is 4.74 Å². The summed E-state index contributed by atoms with van der Waals surface area (Å²) in [5.74, 6) is 3.04. The summed E-state index contributed by atoms with van der Waals surface area (Å²) in [5, 5.41) is 3.15. The van der Waals surface area contributed by atoms with Gasteiger partial charge in [-0.1, -0.05) is 0 Å². The van der Waals surface area contributed by atoms with Crippen LogP contribution in [-0.2, 0) is 9.59 Å². The molecule has 0 atom stereocenters. The molecule has 1 N–H and O–H groups in total. The van der Waals surface area contributed by atoms with Crippen LogP contribution in [0, 0.1) is 23.2 Å². The molecule has 4 saturated carbocycles. The summed E-state index contributed by atoms with van der Waals surface area (Å²) in [5.41, 5.74) is 1.31. The highest BCUT2D eigenvalue weighted by atomic mass is 16.5. The second kappa shape index (κ2) is 5.23. The van der Waals surface area contributed by atoms with Gasteiger partial charge in [0.2, 0.25) is 5.91 Å². The van der Waals surface area contributed by atoms with Gasteiger partial charge in [-0.15, -0.1) is 0 Å². The second-order valence-corrected chi connectivity index (χ2v) is 8.58. The molecule has 5 nitrogen and oxygen atoms in total. The normalized spacial score (nSPS) is 35.3. The van der Waals surface area contributed by atoms with Crippen LogP contribution in [0.4, 0.5) is 11.4 Å². The number of hydrogen-bond donors (Lipinski definition) is 1. The van der Waals surface area contributed by atoms with Gasteiger partial charge < -0.3 is 15.0 Å². The van der Waals surface area contributed by atoms with Gasteiger partial charge in [-0.05, 0) is 74.5 Å². The van der Waals surface area contributed by atoms with Crippen LogP contribution in [0.25, 0.3) is 0 Å². The first-order chi connectivity index (χ1) is 12.0. The van der Waals surface area contributed by atoms with Gasteiger partial charge in [-0.25, -0.2) is 0 Å². The molecule has 4 bridgehead atoms. The van der Waals surface area contributed by atoms with Crippen molar-refractivity contribution >= 4 is 23.2 Å². The fourth-order valence-corrected chi connectivity index (χ4v) is 6.00. The Morgan fingerprint density at radius 2 is 1.80 bits per heavy atom. The van der Waals surface area contributed by atoms with Gasteiger partial charge >= 0.3 is 0 Å². The quantitative estimate of drug-likeness (QED) is 0.899. The Morgan fingerprint density at radius 3 is 2.44 bits per heavy atom. The van der Waals surface area contributed by atoms with Gasteiger partial charge in [0.15, 0.2) is 6.61 Å². The number of ether oxygens (including phenoxy) is 1. The van der Waals surface area contributed by atoms with Crippen LogP contribution in [0.15, 0.2) is 18.2 Å². The maximum absolute atomic E-state index is 13.2. The van der Waals surface area contributed by atoms with Crippen molar-refractivity contribution in [3.05, 3.63) is 18.2 Å². The van der Waals surface area contributed by atoms with Crippen molar-refractivity contribution in [2.75, 3.05) is 23.9 Å². The molecule has 132 valence electrons. The summed E-state index contributed by atoms with van der Waals surface area (Å²) < 4.78 is 5.46. The lowest BCUT2D eigenvalue weighted by Gasteiger charge is -2.55. The zero-order chi connectivity index (χ0) is 17.2. The standard InChI is InChI=1S/C20H24N2O3/c1-22-16-7-15(2-3-17(16)25-11-18(22)23)21-19(24)20-8-12-4-13(9-20)6-14(5-12)10-20/h2-3,7,12-14H,4-6,8-11H2,1H3,(H,21,24). The highest BCUT2D eigenvalue weighted by molar-refractivity contribution is 6.00. The first kappa shape index (κ1) is 15.2. The van der Waals surface area contributed by atoms with Gasteiger partial charge in [0.1, 0.15) is 5.75 Å². The average Bonchev–Trinajstić information content (AvgIpc) is 2.57. The Morgan fingerprint density at radius 1 is 1.16 bits per heavy atom. The predicted octanol–water partition coefficient (Wildman–Crippen LogP) is 3.20. The highest BCUT2D eigenvalue weighted by Gasteiger charge is 2.54. The second-order valence-electron chi connectivity index (χ2n) is 8.58. The minimum Gasteiger partial charge on any atom is -0.482 e. The molecule has 0 saturated heterocycles. The number of carbonyl (C=O) groups is 2. The molecule has 1 heterocycles. The molecule has 1 aromatic carbocycles. The van der Waals surface area contributed by atoms with Crippen molar-refractivity contribution in [1.29, 1.82) is 0 Å². The minimum absolute atomic E-state index is 0.0719. The Balaban J connectivity index is 1.39. The van der Waals surface area contributed by atoms with E-state index in [9.17, 15) is 9.59 Å². The fourth-order valence-electron chi connectivity index (χ4n) is 6.00. The van der Waals surface area contributed by atoms with E-state index >= 15 is 0 Å². The van der Waals surface area contributed by atoms with Crippen LogP contribution in [0.5, 0.6) is 5.75 Å². The van der Waals surface area contributed by atoms with E-state index in [1.165, 1.54) is 19.3 Å². The van der Waals surface area contributed by atoms with Crippen LogP contribution < -0.4 is 15.0 Å². The Bertz CT molecular complexity index is 722. The van der Waals surface area contributed by atoms with Gasteiger partial charge in [0.25, 0.3) is 5.91 Å². The summed E-state index contributed by atoms with van der Waals surface area (Å²) in [6, 6.07) is 5.57. The number of anilines is 2. The third-order valence-corrected chi connectivity index (χ3v) is 6.82. The fraction of sp³-hybridized carbons (Fsp3) is 0.600. The van der Waals surface area contributed by atoms with Crippen LogP contribution in [0.3, 0.4) is 0 Å². The maximum atomic E-state index is 13.2. The van der Waals surface area contributed by atoms with Crippen LogP contribution >= 0.6 is 0 Å². The number of fused-ring (bicyclic) bond motifs is 1. The molecule has 2 amide bonds. The molecule has 1 aromatic rings. The SMILES string of the molecule is CN1C(=O)COc2ccc(NC(=O)C34CC5CC(CC(C5)C3)C4)cc21. The third-order valence-electron chi connectivity index (χ3n) is 6.82. The van der Waals surface area contributed by atoms with E-state index in [0.29, 0.717) is 5.75 Å². The topological polar surface area (TPSA) is 58.6 Å². The van der Waals surface area contributed by atoms with E-state index in [1.807, 2.05) is 18.2 Å². The molecule has 0 aromatic heterocycles. The number of carbonyl (C=O) groups excluding carboxylic acids is 2. The summed E-state index contributed by atoms with van der Waals surface area (Å²) in [4.78, 5) is 26.6. The molecular formula is C20H24N2O3. The maximum Gasteiger partial charge on any atom is 0.264 e. The molecule has 0 radical (unpaired) electrons. The molecule has 6 rings (SSSR count). The van der Waals surface area contributed by atoms with E-state index in [2.05, 4.69) is 5.32 Å². The molecule has 4 aliphatic carbocycles. The minimum atomic E-state index is -0.164. The van der Waals surface area contributed by atoms with Crippen molar-refractivity contribution in [2.24, 2.45) is 23.2 Å². The van der Waals surface area contributed by atoms with E-state index in [1.54, 1.807) is 11.9 Å². The molecule has 5 heteroatoms. The van der Waals surface area contributed by atoms with Gasteiger partial charge in [0.05, 0.1) is 11.1 Å². The Labute approximate surface area is 147 Å². The lowest BCUT2D eigenvalue weighted by atomic mass is 9.49. The lowest BCUT2D eigenvalue weighted by molar-refractivity contribution is -0.140. The lowest BCUT2D eigenvalue weighted by Crippen LogP contribution is -2.51. The largest absolute Gasteiger partial charge is 0.482 e. The molecular weight excluding hydrogens is 316 g/mol. The van der Waals surface area contributed by atoms with Gasteiger partial charge in [-0.3, -0.25) is 9.59 Å². The molecule has 5 aliphatic rings. The van der Waals surface area contributed by atoms with E-state index < -0.39 is 0 Å². The molecule has 1 aliphatic heterocycles. The number of nitrogens with one attached hydrogen (secondary N) is 1. The van der Waals surface area contributed by atoms with Crippen molar-refractivity contribution in [2.45, 2.75) is 38.5 Å². The molecule has 4 fully saturated rings. The molecule has 0 spiro atoms. The van der Waals surface area contributed by atoms with E-state index in [0.717, 1.165) is 48.4 Å². The van der Waals surface area contributed by atoms with E-state index in [-0.39, 0.29) is 23.8 Å². The average molecular weight is 340 g/mol. The number of benzene rings is 1. The number of rotatable bonds is 2. The number of hydrogen-bond acceptors (Lipinski definition) is 3. The first-order valence-electron chi connectivity index (χ1n) is 9.37. The first-order valence-corrected chi connectivity index (χ1v) is 9.37. The summed E-state index contributed by atoms with van der Waals surface area (Å²) in [6.45, 7) is 0.0719. The van der Waals surface area contributed by atoms with Crippen molar-refractivity contribution in [1.82, 2.24) is 0 Å². The Hall–Kier alpha value is -2.04. The summed E-state index contributed by atoms with van der Waals surface area (Å²) in [6.07, 6.45) is 7.15. The monoisotopic (exact) mass is 340 g/mol. The summed E-state index contributed by atoms with van der Waals surface area (Å²) >= 11 is 0.